The van der Waals surface area contributed by atoms with Gasteiger partial charge in [0.25, 0.3) is 0 Å². The molecule has 0 fully saturated rings. The standard InChI is InChI=1S/C12H15BrN4OS/c1-7(14)10(8-4-3-5-9(13)6-8)19-12-16-15-11(18)17(12)2/h3-7,10H,14H2,1-2H3,(H,15,18). The maximum Gasteiger partial charge on any atom is 0.343 e. The van der Waals surface area contributed by atoms with E-state index < -0.39 is 0 Å². The van der Waals surface area contributed by atoms with Crippen LogP contribution in [0.3, 0.4) is 0 Å². The second kappa shape index (κ2) is 5.94. The molecule has 1 heterocycles. The van der Waals surface area contributed by atoms with Gasteiger partial charge in [-0.2, -0.15) is 0 Å². The van der Waals surface area contributed by atoms with Crippen LogP contribution in [0, 0.1) is 0 Å². The number of benzene rings is 1. The van der Waals surface area contributed by atoms with Crippen molar-refractivity contribution in [3.05, 3.63) is 44.8 Å². The molecule has 0 aliphatic rings. The lowest BCUT2D eigenvalue weighted by Crippen LogP contribution is -2.23. The first kappa shape index (κ1) is 14.4. The molecule has 2 rings (SSSR count). The molecule has 0 radical (unpaired) electrons. The minimum Gasteiger partial charge on any atom is -0.327 e. The third-order valence-corrected chi connectivity index (χ3v) is 4.75. The second-order valence-electron chi connectivity index (χ2n) is 4.32. The average Bonchev–Trinajstić information content (AvgIpc) is 2.67. The lowest BCUT2D eigenvalue weighted by atomic mass is 10.1. The van der Waals surface area contributed by atoms with E-state index in [-0.39, 0.29) is 17.0 Å². The first-order valence-corrected chi connectivity index (χ1v) is 7.45. The molecule has 0 amide bonds. The van der Waals surface area contributed by atoms with Crippen molar-refractivity contribution in [1.29, 1.82) is 0 Å². The summed E-state index contributed by atoms with van der Waals surface area (Å²) in [6.07, 6.45) is 0. The van der Waals surface area contributed by atoms with Crippen LogP contribution in [0.1, 0.15) is 17.7 Å². The fourth-order valence-electron chi connectivity index (χ4n) is 1.71. The molecule has 2 unspecified atom stereocenters. The summed E-state index contributed by atoms with van der Waals surface area (Å²) in [5, 5.41) is 7.10. The Balaban J connectivity index is 2.31. The van der Waals surface area contributed by atoms with Gasteiger partial charge in [-0.3, -0.25) is 4.57 Å². The number of aromatic nitrogens is 3. The lowest BCUT2D eigenvalue weighted by Gasteiger charge is -2.20. The molecule has 3 N–H and O–H groups in total. The van der Waals surface area contributed by atoms with Crippen molar-refractivity contribution in [1.82, 2.24) is 14.8 Å². The summed E-state index contributed by atoms with van der Waals surface area (Å²) in [5.74, 6) is 0. The Morgan fingerprint density at radius 3 is 2.79 bits per heavy atom. The Hall–Kier alpha value is -1.05. The molecule has 102 valence electrons. The molecule has 0 spiro atoms. The normalized spacial score (nSPS) is 14.3. The number of nitrogens with zero attached hydrogens (tertiary/aromatic N) is 2. The minimum absolute atomic E-state index is 0.0337. The van der Waals surface area contributed by atoms with Gasteiger partial charge in [0.15, 0.2) is 5.16 Å². The molecule has 7 heteroatoms. The number of thioether (sulfide) groups is 1. The molecule has 19 heavy (non-hydrogen) atoms. The molecule has 0 bridgehead atoms. The largest absolute Gasteiger partial charge is 0.343 e. The van der Waals surface area contributed by atoms with E-state index in [1.54, 1.807) is 7.05 Å². The van der Waals surface area contributed by atoms with Gasteiger partial charge >= 0.3 is 5.69 Å². The Morgan fingerprint density at radius 2 is 2.26 bits per heavy atom. The quantitative estimate of drug-likeness (QED) is 0.833. The van der Waals surface area contributed by atoms with E-state index >= 15 is 0 Å². The van der Waals surface area contributed by atoms with Gasteiger partial charge in [0.05, 0.1) is 5.25 Å². The number of halogens is 1. The van der Waals surface area contributed by atoms with Crippen LogP contribution in [0.5, 0.6) is 0 Å². The van der Waals surface area contributed by atoms with Gasteiger partial charge in [0, 0.05) is 17.6 Å². The van der Waals surface area contributed by atoms with E-state index in [9.17, 15) is 4.79 Å². The molecular formula is C12H15BrN4OS. The smallest absolute Gasteiger partial charge is 0.327 e. The molecule has 1 aromatic heterocycles. The van der Waals surface area contributed by atoms with Crippen molar-refractivity contribution >= 4 is 27.7 Å². The fraction of sp³-hybridized carbons (Fsp3) is 0.333. The van der Waals surface area contributed by atoms with E-state index in [1.165, 1.54) is 16.3 Å². The SMILES string of the molecule is CC(N)C(Sc1n[nH]c(=O)n1C)c1cccc(Br)c1. The van der Waals surface area contributed by atoms with Gasteiger partial charge in [0.1, 0.15) is 0 Å². The number of nitrogens with one attached hydrogen (secondary N) is 1. The summed E-state index contributed by atoms with van der Waals surface area (Å²) in [4.78, 5) is 11.4. The first-order chi connectivity index (χ1) is 8.99. The molecule has 2 atom stereocenters. The van der Waals surface area contributed by atoms with Crippen LogP contribution in [0.4, 0.5) is 0 Å². The number of nitrogens with two attached hydrogens (primary N) is 1. The van der Waals surface area contributed by atoms with Crippen molar-refractivity contribution in [2.75, 3.05) is 0 Å². The van der Waals surface area contributed by atoms with Crippen LogP contribution < -0.4 is 11.4 Å². The Bertz CT molecular complexity index is 622. The predicted molar refractivity (Wildman–Crippen MR) is 80.2 cm³/mol. The zero-order valence-corrected chi connectivity index (χ0v) is 13.0. The van der Waals surface area contributed by atoms with E-state index in [2.05, 4.69) is 26.1 Å². The molecule has 2 aromatic rings. The molecule has 0 saturated heterocycles. The number of hydrogen-bond donors (Lipinski definition) is 2. The van der Waals surface area contributed by atoms with Gasteiger partial charge in [-0.15, -0.1) is 5.10 Å². The number of H-pyrrole nitrogens is 1. The van der Waals surface area contributed by atoms with Gasteiger partial charge in [0.2, 0.25) is 0 Å². The number of hydrogen-bond acceptors (Lipinski definition) is 4. The van der Waals surface area contributed by atoms with Crippen LogP contribution in [0.2, 0.25) is 0 Å². The van der Waals surface area contributed by atoms with Gasteiger partial charge < -0.3 is 5.73 Å². The molecule has 5 nitrogen and oxygen atoms in total. The highest BCUT2D eigenvalue weighted by atomic mass is 79.9. The molecule has 1 aromatic carbocycles. The Morgan fingerprint density at radius 1 is 1.53 bits per heavy atom. The number of aromatic amines is 1. The van der Waals surface area contributed by atoms with Crippen molar-refractivity contribution < 1.29 is 0 Å². The summed E-state index contributed by atoms with van der Waals surface area (Å²) in [5.41, 5.74) is 6.94. The monoisotopic (exact) mass is 342 g/mol. The van der Waals surface area contributed by atoms with Crippen LogP contribution >= 0.6 is 27.7 Å². The second-order valence-corrected chi connectivity index (χ2v) is 6.35. The zero-order chi connectivity index (χ0) is 14.0. The Labute approximate surface area is 123 Å². The summed E-state index contributed by atoms with van der Waals surface area (Å²) in [6.45, 7) is 1.95. The highest BCUT2D eigenvalue weighted by molar-refractivity contribution is 9.10. The van der Waals surface area contributed by atoms with E-state index in [1.807, 2.05) is 31.2 Å². The zero-order valence-electron chi connectivity index (χ0n) is 10.6. The van der Waals surface area contributed by atoms with E-state index in [4.69, 9.17) is 5.73 Å². The topological polar surface area (TPSA) is 76.7 Å². The third kappa shape index (κ3) is 3.29. The fourth-order valence-corrected chi connectivity index (χ4v) is 3.19. The van der Waals surface area contributed by atoms with Crippen LogP contribution in [0.25, 0.3) is 0 Å². The number of rotatable bonds is 4. The third-order valence-electron chi connectivity index (χ3n) is 2.73. The van der Waals surface area contributed by atoms with Gasteiger partial charge in [-0.05, 0) is 24.6 Å². The van der Waals surface area contributed by atoms with Crippen molar-refractivity contribution in [3.8, 4) is 0 Å². The maximum atomic E-state index is 11.4. The summed E-state index contributed by atoms with van der Waals surface area (Å²) < 4.78 is 2.49. The van der Waals surface area contributed by atoms with Gasteiger partial charge in [-0.25, -0.2) is 9.89 Å². The van der Waals surface area contributed by atoms with Crippen LogP contribution in [0.15, 0.2) is 38.7 Å². The minimum atomic E-state index is -0.222. The molecule has 0 aliphatic carbocycles. The predicted octanol–water partition coefficient (Wildman–Crippen LogP) is 2.05. The van der Waals surface area contributed by atoms with Gasteiger partial charge in [-0.1, -0.05) is 39.8 Å². The molecular weight excluding hydrogens is 328 g/mol. The van der Waals surface area contributed by atoms with Crippen LogP contribution in [-0.2, 0) is 7.05 Å². The highest BCUT2D eigenvalue weighted by Gasteiger charge is 2.20. The first-order valence-electron chi connectivity index (χ1n) is 5.78. The Kier molecular flexibility index (Phi) is 4.49. The van der Waals surface area contributed by atoms with Crippen molar-refractivity contribution in [3.63, 3.8) is 0 Å². The average molecular weight is 343 g/mol. The van der Waals surface area contributed by atoms with Crippen LogP contribution in [-0.4, -0.2) is 20.8 Å². The molecule has 0 aliphatic heterocycles. The van der Waals surface area contributed by atoms with E-state index in [0.29, 0.717) is 5.16 Å². The molecule has 0 saturated carbocycles. The van der Waals surface area contributed by atoms with Crippen molar-refractivity contribution in [2.45, 2.75) is 23.4 Å². The highest BCUT2D eigenvalue weighted by Crippen LogP contribution is 2.36. The summed E-state index contributed by atoms with van der Waals surface area (Å²) in [6, 6.07) is 7.93. The van der Waals surface area contributed by atoms with E-state index in [0.717, 1.165) is 10.0 Å². The van der Waals surface area contributed by atoms with Crippen molar-refractivity contribution in [2.24, 2.45) is 12.8 Å². The summed E-state index contributed by atoms with van der Waals surface area (Å²) in [7, 11) is 1.69. The maximum absolute atomic E-state index is 11.4. The summed E-state index contributed by atoms with van der Waals surface area (Å²) >= 11 is 4.94. The lowest BCUT2D eigenvalue weighted by molar-refractivity contribution is 0.706.